The van der Waals surface area contributed by atoms with Gasteiger partial charge in [0.15, 0.2) is 5.69 Å². The highest BCUT2D eigenvalue weighted by Gasteiger charge is 2.33. The van der Waals surface area contributed by atoms with Gasteiger partial charge in [-0.2, -0.15) is 13.2 Å². The van der Waals surface area contributed by atoms with Gasteiger partial charge in [0.05, 0.1) is 5.56 Å². The second kappa shape index (κ2) is 10.2. The maximum absolute atomic E-state index is 13.0. The number of nitrogens with one attached hydrogen (secondary N) is 2. The normalized spacial score (nSPS) is 10.8. The summed E-state index contributed by atoms with van der Waals surface area (Å²) in [4.78, 5) is 38.3. The van der Waals surface area contributed by atoms with Gasteiger partial charge in [-0.1, -0.05) is 15.9 Å². The third kappa shape index (κ3) is 6.68. The van der Waals surface area contributed by atoms with Crippen molar-refractivity contribution in [2.75, 3.05) is 10.6 Å². The summed E-state index contributed by atoms with van der Waals surface area (Å²) in [6.07, 6.45) is -4.59. The molecule has 9 nitrogen and oxygen atoms in total. The van der Waals surface area contributed by atoms with Crippen molar-refractivity contribution >= 4 is 45.4 Å². The first-order valence-electron chi connectivity index (χ1n) is 9.21. The number of aromatic nitrogens is 1. The van der Waals surface area contributed by atoms with Crippen LogP contribution in [0.5, 0.6) is 11.5 Å². The Morgan fingerprint density at radius 1 is 0.912 bits per heavy atom. The Hall–Kier alpha value is -4.13. The maximum Gasteiger partial charge on any atom is 0.417 e. The lowest BCUT2D eigenvalue weighted by Crippen LogP contribution is -2.19. The largest absolute Gasteiger partial charge is 0.457 e. The topological polar surface area (TPSA) is 133 Å². The van der Waals surface area contributed by atoms with E-state index in [4.69, 9.17) is 10.5 Å². The molecular formula is C21H14BrF3N4O5. The molecule has 0 radical (unpaired) electrons. The summed E-state index contributed by atoms with van der Waals surface area (Å²) >= 11 is 2.83. The number of urea groups is 1. The highest BCUT2D eigenvalue weighted by atomic mass is 79.9. The zero-order chi connectivity index (χ0) is 24.9. The molecule has 0 atom stereocenters. The molecule has 4 N–H and O–H groups in total. The van der Waals surface area contributed by atoms with Crippen molar-refractivity contribution in [1.29, 1.82) is 0 Å². The van der Waals surface area contributed by atoms with Crippen LogP contribution in [0.3, 0.4) is 0 Å². The number of carbonyl (C=O) groups is 3. The van der Waals surface area contributed by atoms with Crippen LogP contribution >= 0.6 is 15.9 Å². The number of carbonyl (C=O) groups excluding carboxylic acids is 3. The SMILES string of the molecule is NC(=O)OC(=O)c1cc(Oc2ccc(NC(=O)Nc3ccc(Br)c(C(F)(F)F)c3)cc2)ccn1. The summed E-state index contributed by atoms with van der Waals surface area (Å²) in [6, 6.07) is 11.2. The molecule has 0 spiro atoms. The number of anilines is 2. The van der Waals surface area contributed by atoms with Crippen LogP contribution in [-0.4, -0.2) is 23.1 Å². The minimum atomic E-state index is -4.58. The van der Waals surface area contributed by atoms with Gasteiger partial charge in [-0.25, -0.2) is 19.4 Å². The van der Waals surface area contributed by atoms with Crippen molar-refractivity contribution in [3.8, 4) is 11.5 Å². The van der Waals surface area contributed by atoms with E-state index in [1.54, 1.807) is 0 Å². The number of hydrogen-bond donors (Lipinski definition) is 3. The number of primary amides is 1. The molecule has 13 heteroatoms. The molecular weight excluding hydrogens is 525 g/mol. The van der Waals surface area contributed by atoms with E-state index in [1.807, 2.05) is 0 Å². The molecule has 2 aromatic carbocycles. The lowest BCUT2D eigenvalue weighted by Gasteiger charge is -2.13. The van der Waals surface area contributed by atoms with Crippen LogP contribution in [0, 0.1) is 0 Å². The molecule has 0 saturated carbocycles. The molecule has 1 aromatic heterocycles. The average Bonchev–Trinajstić information content (AvgIpc) is 2.75. The van der Waals surface area contributed by atoms with Gasteiger partial charge < -0.3 is 25.8 Å². The summed E-state index contributed by atoms with van der Waals surface area (Å²) in [7, 11) is 0. The number of nitrogens with two attached hydrogens (primary N) is 1. The van der Waals surface area contributed by atoms with E-state index >= 15 is 0 Å². The quantitative estimate of drug-likeness (QED) is 0.288. The summed E-state index contributed by atoms with van der Waals surface area (Å²) in [5.74, 6) is -0.508. The van der Waals surface area contributed by atoms with Crippen LogP contribution in [0.1, 0.15) is 16.1 Å². The van der Waals surface area contributed by atoms with Gasteiger partial charge in [0, 0.05) is 28.1 Å². The molecule has 3 rings (SSSR count). The van der Waals surface area contributed by atoms with Gasteiger partial charge >= 0.3 is 24.3 Å². The minimum absolute atomic E-state index is 0.0451. The fourth-order valence-electron chi connectivity index (χ4n) is 2.59. The predicted octanol–water partition coefficient (Wildman–Crippen LogP) is 5.53. The predicted molar refractivity (Wildman–Crippen MR) is 118 cm³/mol. The van der Waals surface area contributed by atoms with Gasteiger partial charge in [-0.15, -0.1) is 0 Å². The van der Waals surface area contributed by atoms with Crippen molar-refractivity contribution < 1.29 is 37.0 Å². The number of alkyl halides is 3. The Balaban J connectivity index is 1.62. The van der Waals surface area contributed by atoms with E-state index in [-0.39, 0.29) is 21.6 Å². The third-order valence-electron chi connectivity index (χ3n) is 4.01. The number of nitrogens with zero attached hydrogens (tertiary/aromatic N) is 1. The third-order valence-corrected chi connectivity index (χ3v) is 4.70. The molecule has 0 aliphatic heterocycles. The second-order valence-corrected chi connectivity index (χ2v) is 7.34. The molecule has 0 fully saturated rings. The van der Waals surface area contributed by atoms with Crippen LogP contribution < -0.4 is 21.1 Å². The van der Waals surface area contributed by atoms with Crippen molar-refractivity contribution in [3.05, 3.63) is 76.5 Å². The number of amides is 3. The Kier molecular flexibility index (Phi) is 7.36. The van der Waals surface area contributed by atoms with Crippen molar-refractivity contribution in [1.82, 2.24) is 4.98 Å². The Morgan fingerprint density at radius 2 is 1.56 bits per heavy atom. The van der Waals surface area contributed by atoms with Gasteiger partial charge in [0.1, 0.15) is 11.5 Å². The fraction of sp³-hybridized carbons (Fsp3) is 0.0476. The smallest absolute Gasteiger partial charge is 0.417 e. The molecule has 0 aliphatic carbocycles. The highest BCUT2D eigenvalue weighted by molar-refractivity contribution is 9.10. The molecule has 0 bridgehead atoms. The number of halogens is 4. The first-order chi connectivity index (χ1) is 16.0. The standard InChI is InChI=1S/C21H14BrF3N4O5/c22-16-6-3-12(9-15(16)21(23,24)25)29-20(32)28-11-1-4-13(5-2-11)33-14-7-8-27-17(10-14)18(30)34-19(26)31/h1-10H,(H2,26,31)(H2,28,29,32). The number of pyridine rings is 1. The molecule has 0 unspecified atom stereocenters. The van der Waals surface area contributed by atoms with E-state index in [9.17, 15) is 27.6 Å². The molecule has 0 saturated heterocycles. The first kappa shape index (κ1) is 24.5. The van der Waals surface area contributed by atoms with Crippen molar-refractivity contribution in [2.45, 2.75) is 6.18 Å². The second-order valence-electron chi connectivity index (χ2n) is 6.48. The average molecular weight is 539 g/mol. The van der Waals surface area contributed by atoms with E-state index in [1.165, 1.54) is 54.7 Å². The van der Waals surface area contributed by atoms with Gasteiger partial charge in [0.2, 0.25) is 0 Å². The first-order valence-corrected chi connectivity index (χ1v) is 10.0. The number of ether oxygens (including phenoxy) is 2. The lowest BCUT2D eigenvalue weighted by atomic mass is 10.2. The van der Waals surface area contributed by atoms with E-state index in [0.717, 1.165) is 6.07 Å². The van der Waals surface area contributed by atoms with Gasteiger partial charge in [0.25, 0.3) is 0 Å². The van der Waals surface area contributed by atoms with Crippen LogP contribution in [0.2, 0.25) is 0 Å². The number of rotatable bonds is 5. The monoisotopic (exact) mass is 538 g/mol. The molecule has 3 amide bonds. The van der Waals surface area contributed by atoms with E-state index in [0.29, 0.717) is 11.4 Å². The lowest BCUT2D eigenvalue weighted by molar-refractivity contribution is -0.138. The maximum atomic E-state index is 13.0. The fourth-order valence-corrected chi connectivity index (χ4v) is 3.06. The number of hydrogen-bond acceptors (Lipinski definition) is 6. The van der Waals surface area contributed by atoms with Crippen LogP contribution in [-0.2, 0) is 10.9 Å². The molecule has 0 aliphatic rings. The number of benzene rings is 2. The molecule has 176 valence electrons. The Labute approximate surface area is 198 Å². The van der Waals surface area contributed by atoms with Crippen LogP contribution in [0.15, 0.2) is 65.3 Å². The summed E-state index contributed by atoms with van der Waals surface area (Å²) in [5, 5.41) is 4.81. The molecule has 1 heterocycles. The van der Waals surface area contributed by atoms with E-state index < -0.39 is 29.8 Å². The highest BCUT2D eigenvalue weighted by Crippen LogP contribution is 2.36. The van der Waals surface area contributed by atoms with Crippen molar-refractivity contribution in [3.63, 3.8) is 0 Å². The number of esters is 1. The van der Waals surface area contributed by atoms with E-state index in [2.05, 4.69) is 36.3 Å². The summed E-state index contributed by atoms with van der Waals surface area (Å²) < 4.78 is 48.7. The summed E-state index contributed by atoms with van der Waals surface area (Å²) in [6.45, 7) is 0. The van der Waals surface area contributed by atoms with Crippen molar-refractivity contribution in [2.24, 2.45) is 5.73 Å². The van der Waals surface area contributed by atoms with Crippen LogP contribution in [0.4, 0.5) is 34.1 Å². The minimum Gasteiger partial charge on any atom is -0.457 e. The Bertz CT molecular complexity index is 1240. The Morgan fingerprint density at radius 3 is 2.21 bits per heavy atom. The molecule has 34 heavy (non-hydrogen) atoms. The van der Waals surface area contributed by atoms with Gasteiger partial charge in [-0.05, 0) is 48.5 Å². The van der Waals surface area contributed by atoms with Gasteiger partial charge in [-0.3, -0.25) is 0 Å². The van der Waals surface area contributed by atoms with Crippen LogP contribution in [0.25, 0.3) is 0 Å². The molecule has 3 aromatic rings. The zero-order valence-corrected chi connectivity index (χ0v) is 18.4. The zero-order valence-electron chi connectivity index (χ0n) is 16.9. The summed E-state index contributed by atoms with van der Waals surface area (Å²) in [5.41, 5.74) is 3.95.